The van der Waals surface area contributed by atoms with E-state index >= 15 is 0 Å². The van der Waals surface area contributed by atoms with Gasteiger partial charge in [0.15, 0.2) is 0 Å². The van der Waals surface area contributed by atoms with E-state index in [2.05, 4.69) is 5.32 Å². The number of halogens is 1. The molecule has 2 fully saturated rings. The highest BCUT2D eigenvalue weighted by atomic mass is 32.2. The second-order valence-corrected chi connectivity index (χ2v) is 5.50. The Morgan fingerprint density at radius 3 is 2.54 bits per heavy atom. The largest absolute Gasteiger partial charge is 0.311 e. The van der Waals surface area contributed by atoms with Gasteiger partial charge in [-0.25, -0.2) is 4.39 Å². The van der Waals surface area contributed by atoms with Crippen LogP contribution < -0.4 is 5.32 Å². The molecule has 0 amide bonds. The van der Waals surface area contributed by atoms with Gasteiger partial charge >= 0.3 is 0 Å². The van der Waals surface area contributed by atoms with Crippen molar-refractivity contribution in [3.05, 3.63) is 0 Å². The maximum atomic E-state index is 13.6. The van der Waals surface area contributed by atoms with E-state index in [1.165, 1.54) is 24.3 Å². The summed E-state index contributed by atoms with van der Waals surface area (Å²) in [6.07, 6.45) is 5.09. The predicted octanol–water partition coefficient (Wildman–Crippen LogP) is 2.36. The van der Waals surface area contributed by atoms with Gasteiger partial charge in [0.05, 0.1) is 0 Å². The average molecular weight is 203 g/mol. The summed E-state index contributed by atoms with van der Waals surface area (Å²) in [5.41, 5.74) is -0.843. The minimum absolute atomic E-state index is 0.592. The molecule has 1 saturated carbocycles. The van der Waals surface area contributed by atoms with E-state index in [1.807, 2.05) is 11.8 Å². The van der Waals surface area contributed by atoms with Gasteiger partial charge in [0.2, 0.25) is 0 Å². The normalized spacial score (nSPS) is 28.4. The monoisotopic (exact) mass is 203 g/mol. The van der Waals surface area contributed by atoms with Crippen LogP contribution in [0.25, 0.3) is 0 Å². The first-order valence-electron chi connectivity index (χ1n) is 5.29. The maximum Gasteiger partial charge on any atom is 0.123 e. The van der Waals surface area contributed by atoms with Crippen molar-refractivity contribution in [2.75, 3.05) is 18.1 Å². The standard InChI is InChI=1S/C10H18FNS/c11-10(4-1-5-10)8-12-9-2-6-13-7-3-9/h9,12H,1-8H2. The van der Waals surface area contributed by atoms with Crippen molar-refractivity contribution in [1.82, 2.24) is 5.32 Å². The van der Waals surface area contributed by atoms with Crippen LogP contribution >= 0.6 is 11.8 Å². The molecule has 1 aliphatic heterocycles. The van der Waals surface area contributed by atoms with Gasteiger partial charge in [-0.15, -0.1) is 0 Å². The van der Waals surface area contributed by atoms with Crippen LogP contribution in [-0.2, 0) is 0 Å². The number of hydrogen-bond acceptors (Lipinski definition) is 2. The highest BCUT2D eigenvalue weighted by Crippen LogP contribution is 2.35. The lowest BCUT2D eigenvalue weighted by Gasteiger charge is -2.36. The molecule has 1 aliphatic carbocycles. The molecule has 0 aromatic heterocycles. The van der Waals surface area contributed by atoms with Crippen molar-refractivity contribution in [2.24, 2.45) is 0 Å². The maximum absolute atomic E-state index is 13.6. The second kappa shape index (κ2) is 4.18. The number of alkyl halides is 1. The number of thioether (sulfide) groups is 1. The molecule has 0 radical (unpaired) electrons. The summed E-state index contributed by atoms with van der Waals surface area (Å²) in [6, 6.07) is 0.592. The van der Waals surface area contributed by atoms with Crippen molar-refractivity contribution in [2.45, 2.75) is 43.8 Å². The molecule has 0 aromatic carbocycles. The first kappa shape index (κ1) is 9.78. The molecule has 76 valence electrons. The van der Waals surface area contributed by atoms with Gasteiger partial charge in [-0.05, 0) is 43.6 Å². The summed E-state index contributed by atoms with van der Waals surface area (Å²) >= 11 is 2.02. The molecule has 1 saturated heterocycles. The summed E-state index contributed by atoms with van der Waals surface area (Å²) in [7, 11) is 0. The van der Waals surface area contributed by atoms with E-state index in [4.69, 9.17) is 0 Å². The minimum atomic E-state index is -0.843. The molecule has 1 nitrogen and oxygen atoms in total. The molecule has 0 unspecified atom stereocenters. The van der Waals surface area contributed by atoms with Gasteiger partial charge in [-0.3, -0.25) is 0 Å². The lowest BCUT2D eigenvalue weighted by atomic mass is 9.82. The molecule has 3 heteroatoms. The van der Waals surface area contributed by atoms with E-state index in [0.29, 0.717) is 12.6 Å². The molecular weight excluding hydrogens is 185 g/mol. The molecule has 0 aromatic rings. The predicted molar refractivity (Wildman–Crippen MR) is 56.0 cm³/mol. The first-order chi connectivity index (χ1) is 6.29. The molecule has 1 N–H and O–H groups in total. The number of nitrogens with one attached hydrogen (secondary N) is 1. The SMILES string of the molecule is FC1(CNC2CCSCC2)CCC1. The molecule has 0 spiro atoms. The Hall–Kier alpha value is 0.240. The Morgan fingerprint density at radius 2 is 2.00 bits per heavy atom. The minimum Gasteiger partial charge on any atom is -0.311 e. The van der Waals surface area contributed by atoms with Gasteiger partial charge in [0, 0.05) is 12.6 Å². The van der Waals surface area contributed by atoms with Crippen molar-refractivity contribution >= 4 is 11.8 Å². The fourth-order valence-electron chi connectivity index (χ4n) is 1.97. The quantitative estimate of drug-likeness (QED) is 0.755. The fraction of sp³-hybridized carbons (Fsp3) is 1.00. The Labute approximate surface area is 83.9 Å². The lowest BCUT2D eigenvalue weighted by molar-refractivity contribution is 0.0596. The molecule has 0 bridgehead atoms. The van der Waals surface area contributed by atoms with E-state index in [9.17, 15) is 4.39 Å². The molecule has 0 atom stereocenters. The second-order valence-electron chi connectivity index (χ2n) is 4.27. The summed E-state index contributed by atoms with van der Waals surface area (Å²) in [6.45, 7) is 0.600. The van der Waals surface area contributed by atoms with Crippen molar-refractivity contribution < 1.29 is 4.39 Å². The third kappa shape index (κ3) is 2.59. The van der Waals surface area contributed by atoms with Gasteiger partial charge in [0.1, 0.15) is 5.67 Å². The average Bonchev–Trinajstić information content (AvgIpc) is 2.13. The zero-order valence-corrected chi connectivity index (χ0v) is 8.84. The Morgan fingerprint density at radius 1 is 1.31 bits per heavy atom. The van der Waals surface area contributed by atoms with Gasteiger partial charge in [-0.2, -0.15) is 11.8 Å². The van der Waals surface area contributed by atoms with Crippen molar-refractivity contribution in [3.8, 4) is 0 Å². The molecular formula is C10H18FNS. The Balaban J connectivity index is 1.66. The van der Waals surface area contributed by atoms with Crippen molar-refractivity contribution in [3.63, 3.8) is 0 Å². The van der Waals surface area contributed by atoms with E-state index < -0.39 is 5.67 Å². The van der Waals surface area contributed by atoms with Crippen LogP contribution in [0.3, 0.4) is 0 Å². The van der Waals surface area contributed by atoms with Gasteiger partial charge in [0.25, 0.3) is 0 Å². The third-order valence-electron chi connectivity index (χ3n) is 3.18. The van der Waals surface area contributed by atoms with Crippen LogP contribution in [-0.4, -0.2) is 29.8 Å². The smallest absolute Gasteiger partial charge is 0.123 e. The summed E-state index contributed by atoms with van der Waals surface area (Å²) in [4.78, 5) is 0. The summed E-state index contributed by atoms with van der Waals surface area (Å²) in [5.74, 6) is 2.49. The first-order valence-corrected chi connectivity index (χ1v) is 6.44. The van der Waals surface area contributed by atoms with Gasteiger partial charge in [-0.1, -0.05) is 0 Å². The van der Waals surface area contributed by atoms with Crippen LogP contribution in [0.1, 0.15) is 32.1 Å². The van der Waals surface area contributed by atoms with E-state index in [-0.39, 0.29) is 0 Å². The Bertz CT molecular complexity index is 164. The van der Waals surface area contributed by atoms with E-state index in [1.54, 1.807) is 0 Å². The summed E-state index contributed by atoms with van der Waals surface area (Å²) < 4.78 is 13.6. The Kier molecular flexibility index (Phi) is 3.14. The number of hydrogen-bond donors (Lipinski definition) is 1. The van der Waals surface area contributed by atoms with Crippen LogP contribution in [0.4, 0.5) is 4.39 Å². The molecule has 2 rings (SSSR count). The lowest BCUT2D eigenvalue weighted by Crippen LogP contribution is -2.46. The third-order valence-corrected chi connectivity index (χ3v) is 4.23. The van der Waals surface area contributed by atoms with Crippen LogP contribution in [0.5, 0.6) is 0 Å². The van der Waals surface area contributed by atoms with Crippen molar-refractivity contribution in [1.29, 1.82) is 0 Å². The zero-order valence-electron chi connectivity index (χ0n) is 8.02. The van der Waals surface area contributed by atoms with Gasteiger partial charge < -0.3 is 5.32 Å². The molecule has 13 heavy (non-hydrogen) atoms. The topological polar surface area (TPSA) is 12.0 Å². The molecule has 1 heterocycles. The van der Waals surface area contributed by atoms with Crippen LogP contribution in [0, 0.1) is 0 Å². The molecule has 2 aliphatic rings. The zero-order chi connectivity index (χ0) is 9.15. The van der Waals surface area contributed by atoms with Crippen LogP contribution in [0.15, 0.2) is 0 Å². The number of rotatable bonds is 3. The fourth-order valence-corrected chi connectivity index (χ4v) is 3.07. The summed E-state index contributed by atoms with van der Waals surface area (Å²) in [5, 5.41) is 3.38. The highest BCUT2D eigenvalue weighted by molar-refractivity contribution is 7.99. The highest BCUT2D eigenvalue weighted by Gasteiger charge is 2.37. The van der Waals surface area contributed by atoms with Crippen LogP contribution in [0.2, 0.25) is 0 Å². The van der Waals surface area contributed by atoms with E-state index in [0.717, 1.165) is 19.3 Å².